The molecule has 1 amide bonds. The Morgan fingerprint density at radius 1 is 1.33 bits per heavy atom. The van der Waals surface area contributed by atoms with Gasteiger partial charge in [-0.25, -0.2) is 0 Å². The second-order valence-electron chi connectivity index (χ2n) is 5.19. The Hall–Kier alpha value is -1.50. The molecule has 2 heterocycles. The van der Waals surface area contributed by atoms with E-state index < -0.39 is 5.41 Å². The fraction of sp³-hybridized carbons (Fsp3) is 0.333. The lowest BCUT2D eigenvalue weighted by Crippen LogP contribution is -2.49. The Morgan fingerprint density at radius 3 is 2.81 bits per heavy atom. The quantitative estimate of drug-likeness (QED) is 0.854. The highest BCUT2D eigenvalue weighted by atomic mass is 32.1. The number of nitrogens with one attached hydrogen (secondary N) is 1. The first-order valence-electron chi connectivity index (χ1n) is 6.78. The second-order valence-corrected chi connectivity index (χ2v) is 6.57. The number of hydrogen-bond acceptors (Lipinski definition) is 4. The van der Waals surface area contributed by atoms with E-state index in [9.17, 15) is 4.79 Å². The maximum absolute atomic E-state index is 12.7. The molecule has 1 fully saturated rings. The number of rotatable bonds is 3. The van der Waals surface area contributed by atoms with E-state index in [-0.39, 0.29) is 10.9 Å². The first-order chi connectivity index (χ1) is 10.1. The number of fused-ring (bicyclic) bond motifs is 1. The number of thiocarbonyl (C=S) groups is 1. The van der Waals surface area contributed by atoms with Crippen LogP contribution < -0.4 is 11.1 Å². The summed E-state index contributed by atoms with van der Waals surface area (Å²) < 4.78 is 6.53. The zero-order valence-electron chi connectivity index (χ0n) is 11.4. The van der Waals surface area contributed by atoms with Gasteiger partial charge in [-0.3, -0.25) is 4.79 Å². The molecule has 3 N–H and O–H groups in total. The number of thiophene rings is 1. The van der Waals surface area contributed by atoms with E-state index in [2.05, 4.69) is 5.32 Å². The number of anilines is 1. The van der Waals surface area contributed by atoms with Crippen molar-refractivity contribution in [2.24, 2.45) is 11.1 Å². The lowest BCUT2D eigenvalue weighted by Gasteiger charge is -2.34. The van der Waals surface area contributed by atoms with Crippen molar-refractivity contribution in [3.8, 4) is 0 Å². The van der Waals surface area contributed by atoms with Crippen molar-refractivity contribution < 1.29 is 9.53 Å². The first kappa shape index (κ1) is 14.4. The van der Waals surface area contributed by atoms with Crippen molar-refractivity contribution in [2.75, 3.05) is 18.5 Å². The predicted octanol–water partition coefficient (Wildman–Crippen LogP) is 2.92. The number of ether oxygens (including phenoxy) is 1. The molecule has 1 aliphatic rings. The predicted molar refractivity (Wildman–Crippen MR) is 89.7 cm³/mol. The van der Waals surface area contributed by atoms with Crippen LogP contribution in [0.4, 0.5) is 5.69 Å². The molecule has 0 spiro atoms. The fourth-order valence-corrected chi connectivity index (χ4v) is 3.67. The van der Waals surface area contributed by atoms with Gasteiger partial charge in [-0.05, 0) is 47.9 Å². The third-order valence-electron chi connectivity index (χ3n) is 3.96. The highest BCUT2D eigenvalue weighted by Crippen LogP contribution is 2.33. The maximum Gasteiger partial charge on any atom is 0.237 e. The number of carbonyl (C=O) groups excluding carboxylic acids is 1. The van der Waals surface area contributed by atoms with Gasteiger partial charge in [0.2, 0.25) is 5.91 Å². The molecule has 0 atom stereocenters. The second kappa shape index (κ2) is 5.71. The number of hydrogen-bond donors (Lipinski definition) is 2. The largest absolute Gasteiger partial charge is 0.392 e. The summed E-state index contributed by atoms with van der Waals surface area (Å²) >= 11 is 6.82. The van der Waals surface area contributed by atoms with Crippen molar-refractivity contribution in [1.82, 2.24) is 0 Å². The molecule has 3 rings (SSSR count). The molecule has 1 saturated heterocycles. The average molecular weight is 320 g/mol. The highest BCUT2D eigenvalue weighted by molar-refractivity contribution is 7.80. The molecule has 1 aromatic heterocycles. The molecule has 0 radical (unpaired) electrons. The Bertz CT molecular complexity index is 690. The summed E-state index contributed by atoms with van der Waals surface area (Å²) in [7, 11) is 0. The highest BCUT2D eigenvalue weighted by Gasteiger charge is 2.43. The maximum atomic E-state index is 12.7. The lowest BCUT2D eigenvalue weighted by atomic mass is 9.79. The molecule has 0 unspecified atom stereocenters. The van der Waals surface area contributed by atoms with Crippen LogP contribution in [0.2, 0.25) is 0 Å². The Labute approximate surface area is 132 Å². The van der Waals surface area contributed by atoms with Crippen LogP contribution in [-0.2, 0) is 9.53 Å². The van der Waals surface area contributed by atoms with Crippen LogP contribution >= 0.6 is 23.6 Å². The first-order valence-corrected chi connectivity index (χ1v) is 8.07. The summed E-state index contributed by atoms with van der Waals surface area (Å²) in [6.07, 6.45) is 1.07. The molecular weight excluding hydrogens is 304 g/mol. The lowest BCUT2D eigenvalue weighted by molar-refractivity contribution is -0.126. The van der Waals surface area contributed by atoms with Crippen LogP contribution in [0.15, 0.2) is 29.6 Å². The standard InChI is InChI=1S/C15H16N2O2S2/c16-13(20)15(4-6-19-7-5-15)14(18)17-11-1-2-12-10(9-11)3-8-21-12/h1-3,8-9H,4-7H2,(H2,16,20)(H,17,18). The number of carbonyl (C=O) groups is 1. The molecule has 0 bridgehead atoms. The van der Waals surface area contributed by atoms with Gasteiger partial charge < -0.3 is 15.8 Å². The van der Waals surface area contributed by atoms with Gasteiger partial charge >= 0.3 is 0 Å². The topological polar surface area (TPSA) is 64.4 Å². The zero-order valence-corrected chi connectivity index (χ0v) is 13.1. The molecule has 4 nitrogen and oxygen atoms in total. The molecule has 0 aliphatic carbocycles. The van der Waals surface area contributed by atoms with Gasteiger partial charge in [0.15, 0.2) is 0 Å². The molecule has 21 heavy (non-hydrogen) atoms. The van der Waals surface area contributed by atoms with E-state index in [1.54, 1.807) is 11.3 Å². The minimum Gasteiger partial charge on any atom is -0.392 e. The Balaban J connectivity index is 1.84. The summed E-state index contributed by atoms with van der Waals surface area (Å²) in [4.78, 5) is 12.9. The van der Waals surface area contributed by atoms with Gasteiger partial charge in [0.25, 0.3) is 0 Å². The molecular formula is C15H16N2O2S2. The van der Waals surface area contributed by atoms with E-state index in [1.807, 2.05) is 29.6 Å². The van der Waals surface area contributed by atoms with E-state index >= 15 is 0 Å². The SMILES string of the molecule is NC(=S)C1(C(=O)Nc2ccc3sccc3c2)CCOCC1. The van der Waals surface area contributed by atoms with E-state index in [0.717, 1.165) is 11.1 Å². The van der Waals surface area contributed by atoms with Gasteiger partial charge in [-0.1, -0.05) is 12.2 Å². The van der Waals surface area contributed by atoms with Gasteiger partial charge in [0, 0.05) is 23.6 Å². The minimum atomic E-state index is -0.794. The summed E-state index contributed by atoms with van der Waals surface area (Å²) in [6, 6.07) is 7.92. The zero-order chi connectivity index (χ0) is 14.9. The monoisotopic (exact) mass is 320 g/mol. The van der Waals surface area contributed by atoms with Crippen LogP contribution in [0, 0.1) is 5.41 Å². The van der Waals surface area contributed by atoms with Gasteiger partial charge in [0.1, 0.15) is 5.41 Å². The van der Waals surface area contributed by atoms with Crippen LogP contribution in [0.5, 0.6) is 0 Å². The average Bonchev–Trinajstić information content (AvgIpc) is 2.95. The smallest absolute Gasteiger partial charge is 0.237 e. The van der Waals surface area contributed by atoms with Crippen LogP contribution in [-0.4, -0.2) is 24.1 Å². The number of nitrogens with two attached hydrogens (primary N) is 1. The van der Waals surface area contributed by atoms with E-state index in [1.165, 1.54) is 4.70 Å². The fourth-order valence-electron chi connectivity index (χ4n) is 2.60. The van der Waals surface area contributed by atoms with Crippen molar-refractivity contribution in [3.63, 3.8) is 0 Å². The molecule has 1 aromatic carbocycles. The van der Waals surface area contributed by atoms with E-state index in [4.69, 9.17) is 22.7 Å². The summed E-state index contributed by atoms with van der Waals surface area (Å²) in [6.45, 7) is 1.02. The third-order valence-corrected chi connectivity index (χ3v) is 5.25. The molecule has 110 valence electrons. The Kier molecular flexibility index (Phi) is 3.93. The third kappa shape index (κ3) is 2.66. The molecule has 2 aromatic rings. The van der Waals surface area contributed by atoms with Crippen LogP contribution in [0.25, 0.3) is 10.1 Å². The number of amides is 1. The number of benzene rings is 1. The molecule has 0 saturated carbocycles. The summed E-state index contributed by atoms with van der Waals surface area (Å²) in [5.74, 6) is -0.132. The van der Waals surface area contributed by atoms with Crippen molar-refractivity contribution >= 4 is 50.2 Å². The summed E-state index contributed by atoms with van der Waals surface area (Å²) in [5, 5.41) is 6.11. The summed E-state index contributed by atoms with van der Waals surface area (Å²) in [5.41, 5.74) is 5.82. The van der Waals surface area contributed by atoms with Gasteiger partial charge in [-0.2, -0.15) is 0 Å². The van der Waals surface area contributed by atoms with Crippen LogP contribution in [0.1, 0.15) is 12.8 Å². The van der Waals surface area contributed by atoms with E-state index in [0.29, 0.717) is 26.1 Å². The Morgan fingerprint density at radius 2 is 2.10 bits per heavy atom. The van der Waals surface area contributed by atoms with Gasteiger partial charge in [0.05, 0.1) is 4.99 Å². The van der Waals surface area contributed by atoms with Crippen LogP contribution in [0.3, 0.4) is 0 Å². The minimum absolute atomic E-state index is 0.132. The molecule has 6 heteroatoms. The van der Waals surface area contributed by atoms with Crippen molar-refractivity contribution in [3.05, 3.63) is 29.6 Å². The van der Waals surface area contributed by atoms with Gasteiger partial charge in [-0.15, -0.1) is 11.3 Å². The van der Waals surface area contributed by atoms with Crippen molar-refractivity contribution in [2.45, 2.75) is 12.8 Å². The van der Waals surface area contributed by atoms with Crippen molar-refractivity contribution in [1.29, 1.82) is 0 Å². The molecule has 1 aliphatic heterocycles. The normalized spacial score (nSPS) is 17.5.